The first kappa shape index (κ1) is 28.5. The van der Waals surface area contributed by atoms with Crippen molar-refractivity contribution in [3.63, 3.8) is 0 Å². The quantitative estimate of drug-likeness (QED) is 0.223. The highest BCUT2D eigenvalue weighted by Crippen LogP contribution is 2.39. The van der Waals surface area contributed by atoms with E-state index in [1.807, 2.05) is 24.3 Å². The number of carbonyl (C=O) groups is 1. The van der Waals surface area contributed by atoms with E-state index in [-0.39, 0.29) is 36.1 Å². The van der Waals surface area contributed by atoms with E-state index in [1.54, 1.807) is 47.2 Å². The van der Waals surface area contributed by atoms with Crippen molar-refractivity contribution in [2.75, 3.05) is 31.1 Å². The number of anilines is 1. The number of aromatic hydroxyl groups is 1. The number of alkyl halides is 3. The zero-order valence-electron chi connectivity index (χ0n) is 24.2. The Morgan fingerprint density at radius 3 is 2.49 bits per heavy atom. The summed E-state index contributed by atoms with van der Waals surface area (Å²) in [5, 5.41) is 11.9. The Hall–Kier alpha value is -5.32. The van der Waals surface area contributed by atoms with Crippen molar-refractivity contribution in [2.24, 2.45) is 0 Å². The van der Waals surface area contributed by atoms with Crippen LogP contribution in [0.4, 0.5) is 18.9 Å². The Balaban J connectivity index is 1.37. The summed E-state index contributed by atoms with van der Waals surface area (Å²) < 4.78 is 45.0. The van der Waals surface area contributed by atoms with Crippen molar-refractivity contribution >= 4 is 44.3 Å². The van der Waals surface area contributed by atoms with Crippen LogP contribution in [-0.4, -0.2) is 56.6 Å². The van der Waals surface area contributed by atoms with Crippen molar-refractivity contribution < 1.29 is 23.1 Å². The minimum absolute atomic E-state index is 0.0155. The number of nitrogens with one attached hydrogen (secondary N) is 1. The molecule has 0 aliphatic carbocycles. The van der Waals surface area contributed by atoms with Gasteiger partial charge in [0.1, 0.15) is 5.75 Å². The zero-order valence-corrected chi connectivity index (χ0v) is 24.2. The van der Waals surface area contributed by atoms with E-state index in [1.165, 1.54) is 22.8 Å². The largest absolute Gasteiger partial charge is 0.508 e. The number of hydrogen-bond donors (Lipinski definition) is 2. The molecule has 45 heavy (non-hydrogen) atoms. The first-order valence-electron chi connectivity index (χ1n) is 14.6. The normalized spacial score (nSPS) is 14.1. The van der Waals surface area contributed by atoms with E-state index in [4.69, 9.17) is 0 Å². The van der Waals surface area contributed by atoms with Gasteiger partial charge in [-0.15, -0.1) is 0 Å². The lowest BCUT2D eigenvalue weighted by atomic mass is 10.0. The number of phenolic OH excluding ortho intramolecular Hbond substituents is 1. The number of rotatable bonds is 4. The van der Waals surface area contributed by atoms with E-state index in [2.05, 4.69) is 9.97 Å². The molecule has 0 atom stereocenters. The molecular weight excluding hydrogens is 583 g/mol. The maximum atomic E-state index is 14.6. The van der Waals surface area contributed by atoms with Crippen LogP contribution >= 0.6 is 0 Å². The molecule has 8 nitrogen and oxygen atoms in total. The number of amides is 1. The summed E-state index contributed by atoms with van der Waals surface area (Å²) in [5.41, 5.74) is 2.16. The molecule has 0 unspecified atom stereocenters. The molecule has 0 radical (unpaired) electrons. The number of halogens is 3. The van der Waals surface area contributed by atoms with Gasteiger partial charge in [-0.3, -0.25) is 19.1 Å². The highest BCUT2D eigenvalue weighted by molar-refractivity contribution is 6.05. The molecule has 6 aromatic rings. The number of H-pyrrole nitrogens is 1. The molecule has 0 bridgehead atoms. The van der Waals surface area contributed by atoms with E-state index in [0.29, 0.717) is 41.3 Å². The van der Waals surface area contributed by atoms with Gasteiger partial charge in [0.05, 0.1) is 22.3 Å². The highest BCUT2D eigenvalue weighted by Gasteiger charge is 2.36. The van der Waals surface area contributed by atoms with Gasteiger partial charge < -0.3 is 19.9 Å². The molecule has 3 aromatic heterocycles. The van der Waals surface area contributed by atoms with Crippen LogP contribution in [0.1, 0.15) is 18.9 Å². The standard InChI is InChI=1S/C34H28F3N5O3/c1-2-31(44)41-13-11-40(12-14-41)30-9-5-23(18-26(30)34(35,36)37)42-32(45)10-4-21-19-38-28-7-3-20(16-25(28)33(21)42)29-17-22-15-24(43)6-8-27(22)39-29/h3-10,15-19,39,43H,2,11-14H2,1H3. The van der Waals surface area contributed by atoms with Gasteiger partial charge in [-0.1, -0.05) is 13.0 Å². The van der Waals surface area contributed by atoms with Crippen molar-refractivity contribution in [3.05, 3.63) is 94.9 Å². The van der Waals surface area contributed by atoms with Crippen molar-refractivity contribution in [2.45, 2.75) is 19.5 Å². The van der Waals surface area contributed by atoms with Crippen LogP contribution in [0.3, 0.4) is 0 Å². The molecule has 11 heteroatoms. The Morgan fingerprint density at radius 1 is 0.933 bits per heavy atom. The Bertz CT molecular complexity index is 2180. The summed E-state index contributed by atoms with van der Waals surface area (Å²) in [6.07, 6.45) is -2.73. The predicted molar refractivity (Wildman–Crippen MR) is 168 cm³/mol. The number of phenols is 1. The van der Waals surface area contributed by atoms with Crippen LogP contribution in [0.2, 0.25) is 0 Å². The summed E-state index contributed by atoms with van der Waals surface area (Å²) in [4.78, 5) is 36.7. The number of hydrogen-bond acceptors (Lipinski definition) is 5. The number of piperazine rings is 1. The summed E-state index contributed by atoms with van der Waals surface area (Å²) in [6, 6.07) is 19.4. The predicted octanol–water partition coefficient (Wildman–Crippen LogP) is 6.47. The van der Waals surface area contributed by atoms with Gasteiger partial charge in [0.25, 0.3) is 5.56 Å². The molecular formula is C34H28F3N5O3. The van der Waals surface area contributed by atoms with E-state index in [0.717, 1.165) is 28.2 Å². The van der Waals surface area contributed by atoms with E-state index < -0.39 is 17.3 Å². The smallest absolute Gasteiger partial charge is 0.418 e. The van der Waals surface area contributed by atoms with Gasteiger partial charge in [-0.25, -0.2) is 0 Å². The van der Waals surface area contributed by atoms with Gasteiger partial charge in [-0.2, -0.15) is 13.2 Å². The number of fused-ring (bicyclic) bond motifs is 4. The molecule has 1 fully saturated rings. The number of aromatic amines is 1. The molecule has 0 saturated carbocycles. The lowest BCUT2D eigenvalue weighted by Crippen LogP contribution is -2.49. The second-order valence-corrected chi connectivity index (χ2v) is 11.2. The van der Waals surface area contributed by atoms with Gasteiger partial charge in [0, 0.05) is 77.9 Å². The maximum Gasteiger partial charge on any atom is 0.418 e. The summed E-state index contributed by atoms with van der Waals surface area (Å²) in [7, 11) is 0. The van der Waals surface area contributed by atoms with Crippen LogP contribution in [0.25, 0.3) is 49.7 Å². The van der Waals surface area contributed by atoms with E-state index >= 15 is 0 Å². The fourth-order valence-corrected chi connectivity index (χ4v) is 6.20. The van der Waals surface area contributed by atoms with Gasteiger partial charge >= 0.3 is 6.18 Å². The minimum Gasteiger partial charge on any atom is -0.508 e. The number of carbonyl (C=O) groups excluding carboxylic acids is 1. The van der Waals surface area contributed by atoms with E-state index in [9.17, 15) is 27.9 Å². The van der Waals surface area contributed by atoms with Crippen LogP contribution in [0, 0.1) is 0 Å². The van der Waals surface area contributed by atoms with Crippen LogP contribution in [0.5, 0.6) is 5.75 Å². The topological polar surface area (TPSA) is 94.5 Å². The highest BCUT2D eigenvalue weighted by atomic mass is 19.4. The molecule has 3 aromatic carbocycles. The van der Waals surface area contributed by atoms with Crippen molar-refractivity contribution in [3.8, 4) is 22.7 Å². The molecule has 1 aliphatic heterocycles. The minimum atomic E-state index is -4.68. The average Bonchev–Trinajstić information content (AvgIpc) is 3.47. The van der Waals surface area contributed by atoms with Crippen LogP contribution < -0.4 is 10.5 Å². The summed E-state index contributed by atoms with van der Waals surface area (Å²) in [5.74, 6) is 0.119. The van der Waals surface area contributed by atoms with Crippen LogP contribution in [0.15, 0.2) is 83.8 Å². The lowest BCUT2D eigenvalue weighted by Gasteiger charge is -2.37. The van der Waals surface area contributed by atoms with Gasteiger partial charge in [0.15, 0.2) is 0 Å². The number of aromatic nitrogens is 3. The molecule has 4 heterocycles. The third kappa shape index (κ3) is 5.03. The van der Waals surface area contributed by atoms with Gasteiger partial charge in [-0.05, 0) is 66.2 Å². The van der Waals surface area contributed by atoms with Crippen molar-refractivity contribution in [1.82, 2.24) is 19.4 Å². The molecule has 1 aliphatic rings. The summed E-state index contributed by atoms with van der Waals surface area (Å²) in [6.45, 7) is 2.99. The first-order valence-corrected chi connectivity index (χ1v) is 14.6. The molecule has 2 N–H and O–H groups in total. The second-order valence-electron chi connectivity index (χ2n) is 11.2. The monoisotopic (exact) mass is 611 g/mol. The van der Waals surface area contributed by atoms with Gasteiger partial charge in [0.2, 0.25) is 5.91 Å². The number of benzene rings is 3. The SMILES string of the molecule is CCC(=O)N1CCN(c2ccc(-n3c(=O)ccc4cnc5ccc(-c6cc7cc(O)ccc7[nH]6)cc5c43)cc2C(F)(F)F)CC1. The van der Waals surface area contributed by atoms with Crippen molar-refractivity contribution in [1.29, 1.82) is 0 Å². The molecule has 0 spiro atoms. The zero-order chi connectivity index (χ0) is 31.5. The second kappa shape index (κ2) is 10.7. The maximum absolute atomic E-state index is 14.6. The molecule has 1 amide bonds. The number of nitrogens with zero attached hydrogens (tertiary/aromatic N) is 4. The average molecular weight is 612 g/mol. The third-order valence-corrected chi connectivity index (χ3v) is 8.45. The number of pyridine rings is 2. The Morgan fingerprint density at radius 2 is 1.73 bits per heavy atom. The molecule has 1 saturated heterocycles. The fourth-order valence-electron chi connectivity index (χ4n) is 6.20. The van der Waals surface area contributed by atoms with Crippen LogP contribution in [-0.2, 0) is 11.0 Å². The molecule has 228 valence electrons. The Kier molecular flexibility index (Phi) is 6.76. The first-order chi connectivity index (χ1) is 21.6. The lowest BCUT2D eigenvalue weighted by molar-refractivity contribution is -0.137. The fraction of sp³-hybridized carbons (Fsp3) is 0.206. The molecule has 7 rings (SSSR count). The Labute approximate surface area is 254 Å². The third-order valence-electron chi connectivity index (χ3n) is 8.45. The summed E-state index contributed by atoms with van der Waals surface area (Å²) >= 11 is 0.